The Kier molecular flexibility index (Phi) is 5.97. The molecular formula is C20H22N2O5. The van der Waals surface area contributed by atoms with Gasteiger partial charge in [-0.3, -0.25) is 14.8 Å². The minimum Gasteiger partial charge on any atom is -0.465 e. The molecule has 0 heterocycles. The number of esters is 1. The maximum absolute atomic E-state index is 13.0. The molecule has 0 fully saturated rings. The fourth-order valence-corrected chi connectivity index (χ4v) is 2.45. The van der Waals surface area contributed by atoms with Crippen LogP contribution in [0.25, 0.3) is 0 Å². The van der Waals surface area contributed by atoms with E-state index in [0.29, 0.717) is 5.17 Å². The van der Waals surface area contributed by atoms with E-state index >= 15 is 0 Å². The van der Waals surface area contributed by atoms with E-state index in [9.17, 15) is 19.6 Å². The van der Waals surface area contributed by atoms with Gasteiger partial charge in [-0.05, 0) is 57.2 Å². The van der Waals surface area contributed by atoms with Gasteiger partial charge in [0.25, 0.3) is 11.8 Å². The Morgan fingerprint density at radius 1 is 0.815 bits per heavy atom. The van der Waals surface area contributed by atoms with Crippen LogP contribution < -0.4 is 0 Å². The molecule has 0 saturated heterocycles. The van der Waals surface area contributed by atoms with Crippen LogP contribution >= 0.6 is 0 Å². The van der Waals surface area contributed by atoms with Gasteiger partial charge in [0.15, 0.2) is 0 Å². The Hall–Kier alpha value is -3.19. The van der Waals surface area contributed by atoms with Gasteiger partial charge in [0.05, 0.1) is 18.2 Å². The highest BCUT2D eigenvalue weighted by Gasteiger charge is 2.35. The zero-order valence-electron chi connectivity index (χ0n) is 15.7. The van der Waals surface area contributed by atoms with E-state index in [0.717, 1.165) is 5.01 Å². The number of benzene rings is 2. The van der Waals surface area contributed by atoms with Crippen molar-refractivity contribution in [1.29, 1.82) is 0 Å². The topological polar surface area (TPSA) is 87.2 Å². The molecule has 2 aromatic carbocycles. The van der Waals surface area contributed by atoms with Crippen molar-refractivity contribution in [3.05, 3.63) is 71.3 Å². The lowest BCUT2D eigenvalue weighted by Gasteiger charge is -2.39. The molecule has 0 aromatic heterocycles. The number of rotatable bonds is 3. The zero-order chi connectivity index (χ0) is 20.2. The van der Waals surface area contributed by atoms with E-state index in [2.05, 4.69) is 4.74 Å². The molecule has 0 saturated carbocycles. The van der Waals surface area contributed by atoms with Gasteiger partial charge < -0.3 is 4.74 Å². The quantitative estimate of drug-likeness (QED) is 0.509. The summed E-state index contributed by atoms with van der Waals surface area (Å²) >= 11 is 0. The molecule has 0 aliphatic rings. The summed E-state index contributed by atoms with van der Waals surface area (Å²) in [4.78, 5) is 37.1. The normalized spacial score (nSPS) is 10.9. The first-order chi connectivity index (χ1) is 12.7. The van der Waals surface area contributed by atoms with Crippen LogP contribution in [0.4, 0.5) is 0 Å². The van der Waals surface area contributed by atoms with Crippen molar-refractivity contribution >= 4 is 17.8 Å². The number of hydrogen-bond donors (Lipinski definition) is 1. The molecule has 2 amide bonds. The number of carbonyl (C=O) groups is 3. The second kappa shape index (κ2) is 8.01. The molecule has 0 radical (unpaired) electrons. The Labute approximate surface area is 157 Å². The minimum atomic E-state index is -0.892. The summed E-state index contributed by atoms with van der Waals surface area (Å²) in [5.41, 5.74) is -0.157. The van der Waals surface area contributed by atoms with Crippen molar-refractivity contribution in [3.63, 3.8) is 0 Å². The van der Waals surface area contributed by atoms with Crippen LogP contribution in [-0.4, -0.2) is 45.8 Å². The number of carbonyl (C=O) groups excluding carboxylic acids is 3. The van der Waals surface area contributed by atoms with E-state index in [1.807, 2.05) is 0 Å². The standard InChI is InChI=1S/C20H22N2O5/c1-20(2,3)21(22(26)18(24)14-8-6-5-7-9-14)17(23)15-10-12-16(13-11-15)19(25)27-4/h5-13,26H,1-4H3. The number of hydroxylamine groups is 1. The fourth-order valence-electron chi connectivity index (χ4n) is 2.45. The predicted molar refractivity (Wildman–Crippen MR) is 98.1 cm³/mol. The summed E-state index contributed by atoms with van der Waals surface area (Å²) in [5.74, 6) is -1.85. The molecule has 0 unspecified atom stereocenters. The number of hydrogen-bond acceptors (Lipinski definition) is 5. The number of methoxy groups -OCH3 is 1. The third-order valence-electron chi connectivity index (χ3n) is 3.77. The molecule has 7 nitrogen and oxygen atoms in total. The molecule has 7 heteroatoms. The smallest absolute Gasteiger partial charge is 0.337 e. The van der Waals surface area contributed by atoms with Crippen LogP contribution in [0.15, 0.2) is 54.6 Å². The fraction of sp³-hybridized carbons (Fsp3) is 0.250. The van der Waals surface area contributed by atoms with E-state index in [1.165, 1.54) is 31.4 Å². The Balaban J connectivity index is 2.34. The number of hydrazine groups is 1. The Bertz CT molecular complexity index is 826. The molecule has 1 N–H and O–H groups in total. The summed E-state index contributed by atoms with van der Waals surface area (Å²) in [6, 6.07) is 13.9. The van der Waals surface area contributed by atoms with Crippen molar-refractivity contribution in [3.8, 4) is 0 Å². The van der Waals surface area contributed by atoms with Gasteiger partial charge in [0.2, 0.25) is 0 Å². The van der Waals surface area contributed by atoms with Crippen molar-refractivity contribution in [2.75, 3.05) is 7.11 Å². The molecule has 2 rings (SSSR count). The minimum absolute atomic E-state index is 0.206. The Morgan fingerprint density at radius 2 is 1.30 bits per heavy atom. The summed E-state index contributed by atoms with van der Waals surface area (Å²) in [6.07, 6.45) is 0. The van der Waals surface area contributed by atoms with Crippen molar-refractivity contribution in [1.82, 2.24) is 10.2 Å². The first kappa shape index (κ1) is 20.1. The summed E-state index contributed by atoms with van der Waals surface area (Å²) in [6.45, 7) is 5.07. The predicted octanol–water partition coefficient (Wildman–Crippen LogP) is 3.16. The maximum atomic E-state index is 13.0. The first-order valence-corrected chi connectivity index (χ1v) is 8.28. The van der Waals surface area contributed by atoms with Gasteiger partial charge in [-0.15, -0.1) is 5.17 Å². The highest BCUT2D eigenvalue weighted by molar-refractivity contribution is 5.99. The maximum Gasteiger partial charge on any atom is 0.337 e. The molecule has 0 aliphatic heterocycles. The van der Waals surface area contributed by atoms with Crippen LogP contribution in [0.1, 0.15) is 51.8 Å². The van der Waals surface area contributed by atoms with Crippen LogP contribution in [0, 0.1) is 0 Å². The van der Waals surface area contributed by atoms with Crippen LogP contribution in [0.2, 0.25) is 0 Å². The van der Waals surface area contributed by atoms with Crippen molar-refractivity contribution < 1.29 is 24.3 Å². The average molecular weight is 370 g/mol. The van der Waals surface area contributed by atoms with Gasteiger partial charge in [-0.2, -0.15) is 0 Å². The number of amides is 2. The van der Waals surface area contributed by atoms with Crippen LogP contribution in [0.5, 0.6) is 0 Å². The average Bonchev–Trinajstić information content (AvgIpc) is 2.66. The number of ether oxygens (including phenoxy) is 1. The third kappa shape index (κ3) is 4.51. The number of nitrogens with zero attached hydrogens (tertiary/aromatic N) is 2. The summed E-state index contributed by atoms with van der Waals surface area (Å²) < 4.78 is 4.63. The molecule has 0 bridgehead atoms. The molecular weight excluding hydrogens is 348 g/mol. The summed E-state index contributed by atoms with van der Waals surface area (Å²) in [5, 5.41) is 11.8. The van der Waals surface area contributed by atoms with Gasteiger partial charge in [-0.1, -0.05) is 18.2 Å². The van der Waals surface area contributed by atoms with Gasteiger partial charge in [-0.25, -0.2) is 9.80 Å². The second-order valence-corrected chi connectivity index (χ2v) is 6.82. The molecule has 0 aliphatic carbocycles. The highest BCUT2D eigenvalue weighted by atomic mass is 16.6. The lowest BCUT2D eigenvalue weighted by Crippen LogP contribution is -2.56. The van der Waals surface area contributed by atoms with Gasteiger partial charge in [0, 0.05) is 11.1 Å². The van der Waals surface area contributed by atoms with Crippen LogP contribution in [0.3, 0.4) is 0 Å². The van der Waals surface area contributed by atoms with E-state index < -0.39 is 23.3 Å². The van der Waals surface area contributed by atoms with Gasteiger partial charge >= 0.3 is 5.97 Å². The third-order valence-corrected chi connectivity index (χ3v) is 3.77. The zero-order valence-corrected chi connectivity index (χ0v) is 15.7. The Morgan fingerprint density at radius 3 is 1.78 bits per heavy atom. The summed E-state index contributed by atoms with van der Waals surface area (Å²) in [7, 11) is 1.27. The van der Waals surface area contributed by atoms with E-state index in [-0.39, 0.29) is 16.7 Å². The van der Waals surface area contributed by atoms with Crippen molar-refractivity contribution in [2.45, 2.75) is 26.3 Å². The molecule has 142 valence electrons. The molecule has 2 aromatic rings. The van der Waals surface area contributed by atoms with E-state index in [1.54, 1.807) is 51.1 Å². The molecule has 0 spiro atoms. The highest BCUT2D eigenvalue weighted by Crippen LogP contribution is 2.21. The molecule has 27 heavy (non-hydrogen) atoms. The van der Waals surface area contributed by atoms with Gasteiger partial charge in [0.1, 0.15) is 0 Å². The first-order valence-electron chi connectivity index (χ1n) is 8.28. The lowest BCUT2D eigenvalue weighted by molar-refractivity contribution is -0.207. The SMILES string of the molecule is COC(=O)c1ccc(C(=O)N(N(O)C(=O)c2ccccc2)C(C)(C)C)cc1. The second-order valence-electron chi connectivity index (χ2n) is 6.82. The monoisotopic (exact) mass is 370 g/mol. The lowest BCUT2D eigenvalue weighted by atomic mass is 10.1. The van der Waals surface area contributed by atoms with E-state index in [4.69, 9.17) is 0 Å². The molecule has 0 atom stereocenters. The van der Waals surface area contributed by atoms with Crippen LogP contribution in [-0.2, 0) is 4.74 Å². The van der Waals surface area contributed by atoms with Crippen molar-refractivity contribution in [2.24, 2.45) is 0 Å². The largest absolute Gasteiger partial charge is 0.465 e.